The van der Waals surface area contributed by atoms with Gasteiger partial charge in [0.1, 0.15) is 0 Å². The summed E-state index contributed by atoms with van der Waals surface area (Å²) in [6.45, 7) is 5.74. The molecule has 0 aromatic heterocycles. The first-order valence-electron chi connectivity index (χ1n) is 11.1. The Bertz CT molecular complexity index is 831. The van der Waals surface area contributed by atoms with Crippen molar-refractivity contribution in [2.24, 2.45) is 0 Å². The van der Waals surface area contributed by atoms with Crippen LogP contribution in [0.25, 0.3) is 0 Å². The van der Waals surface area contributed by atoms with Crippen molar-refractivity contribution in [3.05, 3.63) is 53.6 Å². The van der Waals surface area contributed by atoms with Crippen molar-refractivity contribution >= 4 is 11.6 Å². The molecule has 30 heavy (non-hydrogen) atoms. The maximum absolute atomic E-state index is 13.0. The fraction of sp³-hybridized carbons (Fsp3) is 0.480. The quantitative estimate of drug-likeness (QED) is 0.593. The summed E-state index contributed by atoms with van der Waals surface area (Å²) in [6.07, 6.45) is 6.50. The molecular weight excluding hydrogens is 376 g/mol. The molecule has 5 nitrogen and oxygen atoms in total. The van der Waals surface area contributed by atoms with Crippen LogP contribution in [0.5, 0.6) is 11.5 Å². The molecule has 0 saturated heterocycles. The summed E-state index contributed by atoms with van der Waals surface area (Å²) in [5.74, 6) is 1.11. The van der Waals surface area contributed by atoms with Crippen molar-refractivity contribution in [3.63, 3.8) is 0 Å². The Labute approximate surface area is 180 Å². The smallest absolute Gasteiger partial charge is 0.255 e. The first kappa shape index (κ1) is 22.2. The summed E-state index contributed by atoms with van der Waals surface area (Å²) in [5.41, 5.74) is 2.55. The molecule has 2 aromatic rings. The third-order valence-electron chi connectivity index (χ3n) is 5.69. The van der Waals surface area contributed by atoms with Gasteiger partial charge in [0.25, 0.3) is 5.91 Å². The number of para-hydroxylation sites is 1. The number of ether oxygens (including phenoxy) is 2. The van der Waals surface area contributed by atoms with E-state index in [1.165, 1.54) is 32.1 Å². The van der Waals surface area contributed by atoms with Gasteiger partial charge in [-0.1, -0.05) is 37.5 Å². The van der Waals surface area contributed by atoms with E-state index in [0.29, 0.717) is 36.3 Å². The number of carbonyl (C=O) groups is 1. The Morgan fingerprint density at radius 3 is 2.43 bits per heavy atom. The Hall–Kier alpha value is -2.53. The first-order chi connectivity index (χ1) is 14.6. The predicted molar refractivity (Wildman–Crippen MR) is 122 cm³/mol. The molecule has 2 aromatic carbocycles. The molecule has 1 aliphatic rings. The molecular formula is C25H34N2O3. The topological polar surface area (TPSA) is 50.8 Å². The first-order valence-corrected chi connectivity index (χ1v) is 11.1. The van der Waals surface area contributed by atoms with Crippen LogP contribution in [-0.2, 0) is 6.54 Å². The Morgan fingerprint density at radius 1 is 1.00 bits per heavy atom. The molecule has 0 bridgehead atoms. The SMILES string of the molecule is CCOc1ccc(C(=O)Nc2ccccc2CN(C)C2CCCCC2)cc1OCC. The average molecular weight is 411 g/mol. The second-order valence-electron chi connectivity index (χ2n) is 7.85. The number of anilines is 1. The average Bonchev–Trinajstić information content (AvgIpc) is 2.77. The molecule has 0 spiro atoms. The zero-order chi connectivity index (χ0) is 21.3. The molecule has 1 saturated carbocycles. The Kier molecular flexibility index (Phi) is 8.14. The number of hydrogen-bond donors (Lipinski definition) is 1. The molecule has 0 unspecified atom stereocenters. The number of benzene rings is 2. The maximum atomic E-state index is 13.0. The van der Waals surface area contributed by atoms with Crippen LogP contribution in [0, 0.1) is 0 Å². The van der Waals surface area contributed by atoms with Crippen molar-refractivity contribution in [2.45, 2.75) is 58.5 Å². The number of nitrogens with one attached hydrogen (secondary N) is 1. The predicted octanol–water partition coefficient (Wildman–Crippen LogP) is 5.50. The van der Waals surface area contributed by atoms with Gasteiger partial charge in [0.2, 0.25) is 0 Å². The normalized spacial score (nSPS) is 14.5. The summed E-state index contributed by atoms with van der Waals surface area (Å²) in [4.78, 5) is 15.4. The summed E-state index contributed by atoms with van der Waals surface area (Å²) in [6, 6.07) is 14.0. The van der Waals surface area contributed by atoms with E-state index in [-0.39, 0.29) is 5.91 Å². The van der Waals surface area contributed by atoms with Crippen LogP contribution in [0.1, 0.15) is 61.9 Å². The highest BCUT2D eigenvalue weighted by molar-refractivity contribution is 6.05. The number of rotatable bonds is 9. The van der Waals surface area contributed by atoms with Gasteiger partial charge in [0, 0.05) is 23.8 Å². The second kappa shape index (κ2) is 11.0. The lowest BCUT2D eigenvalue weighted by molar-refractivity contribution is 0.102. The van der Waals surface area contributed by atoms with Crippen molar-refractivity contribution < 1.29 is 14.3 Å². The van der Waals surface area contributed by atoms with Crippen molar-refractivity contribution in [1.82, 2.24) is 4.90 Å². The molecule has 0 atom stereocenters. The molecule has 1 N–H and O–H groups in total. The van der Waals surface area contributed by atoms with Gasteiger partial charge in [-0.3, -0.25) is 9.69 Å². The van der Waals surface area contributed by atoms with Crippen LogP contribution in [0.4, 0.5) is 5.69 Å². The van der Waals surface area contributed by atoms with E-state index >= 15 is 0 Å². The maximum Gasteiger partial charge on any atom is 0.255 e. The van der Waals surface area contributed by atoms with E-state index in [1.807, 2.05) is 32.0 Å². The van der Waals surface area contributed by atoms with E-state index in [0.717, 1.165) is 17.8 Å². The standard InChI is InChI=1S/C25H34N2O3/c1-4-29-23-16-15-19(17-24(23)30-5-2)25(28)26-22-14-10-9-11-20(22)18-27(3)21-12-7-6-8-13-21/h9-11,14-17,21H,4-8,12-13,18H2,1-3H3,(H,26,28). The molecule has 0 radical (unpaired) electrons. The van der Waals surface area contributed by atoms with E-state index in [9.17, 15) is 4.79 Å². The van der Waals surface area contributed by atoms with Crippen molar-refractivity contribution in [3.8, 4) is 11.5 Å². The van der Waals surface area contributed by atoms with E-state index < -0.39 is 0 Å². The molecule has 0 heterocycles. The Balaban J connectivity index is 1.73. The molecule has 162 valence electrons. The fourth-order valence-electron chi connectivity index (χ4n) is 4.09. The van der Waals surface area contributed by atoms with E-state index in [1.54, 1.807) is 18.2 Å². The van der Waals surface area contributed by atoms with Gasteiger partial charge in [-0.25, -0.2) is 0 Å². The van der Waals surface area contributed by atoms with Crippen molar-refractivity contribution in [2.75, 3.05) is 25.6 Å². The van der Waals surface area contributed by atoms with E-state index in [2.05, 4.69) is 23.3 Å². The molecule has 0 aliphatic heterocycles. The van der Waals surface area contributed by atoms with Gasteiger partial charge in [-0.15, -0.1) is 0 Å². The van der Waals surface area contributed by atoms with E-state index in [4.69, 9.17) is 9.47 Å². The summed E-state index contributed by atoms with van der Waals surface area (Å²) >= 11 is 0. The summed E-state index contributed by atoms with van der Waals surface area (Å²) < 4.78 is 11.3. The molecule has 5 heteroatoms. The highest BCUT2D eigenvalue weighted by Crippen LogP contribution is 2.29. The molecule has 1 amide bonds. The van der Waals surface area contributed by atoms with Gasteiger partial charge in [-0.05, 0) is 63.6 Å². The van der Waals surface area contributed by atoms with Crippen LogP contribution in [0.2, 0.25) is 0 Å². The number of carbonyl (C=O) groups excluding carboxylic acids is 1. The van der Waals surface area contributed by atoms with Crippen molar-refractivity contribution in [1.29, 1.82) is 0 Å². The lowest BCUT2D eigenvalue weighted by Gasteiger charge is -2.31. The van der Waals surface area contributed by atoms with Gasteiger partial charge < -0.3 is 14.8 Å². The minimum Gasteiger partial charge on any atom is -0.490 e. The molecule has 1 aliphatic carbocycles. The Morgan fingerprint density at radius 2 is 1.70 bits per heavy atom. The third kappa shape index (κ3) is 5.76. The number of hydrogen-bond acceptors (Lipinski definition) is 4. The highest BCUT2D eigenvalue weighted by Gasteiger charge is 2.19. The van der Waals surface area contributed by atoms with Crippen LogP contribution >= 0.6 is 0 Å². The van der Waals surface area contributed by atoms with Gasteiger partial charge >= 0.3 is 0 Å². The highest BCUT2D eigenvalue weighted by atomic mass is 16.5. The second-order valence-corrected chi connectivity index (χ2v) is 7.85. The van der Waals surface area contributed by atoms with Crippen LogP contribution in [-0.4, -0.2) is 37.1 Å². The van der Waals surface area contributed by atoms with Gasteiger partial charge in [0.05, 0.1) is 13.2 Å². The monoisotopic (exact) mass is 410 g/mol. The zero-order valence-corrected chi connectivity index (χ0v) is 18.4. The lowest BCUT2D eigenvalue weighted by Crippen LogP contribution is -2.33. The molecule has 3 rings (SSSR count). The van der Waals surface area contributed by atoms with Crippen LogP contribution in [0.3, 0.4) is 0 Å². The number of amides is 1. The minimum atomic E-state index is -0.147. The molecule has 1 fully saturated rings. The summed E-state index contributed by atoms with van der Waals surface area (Å²) in [7, 11) is 2.19. The lowest BCUT2D eigenvalue weighted by atomic mass is 9.94. The van der Waals surface area contributed by atoms with Crippen LogP contribution < -0.4 is 14.8 Å². The van der Waals surface area contributed by atoms with Gasteiger partial charge in [-0.2, -0.15) is 0 Å². The minimum absolute atomic E-state index is 0.147. The van der Waals surface area contributed by atoms with Crippen LogP contribution in [0.15, 0.2) is 42.5 Å². The summed E-state index contributed by atoms with van der Waals surface area (Å²) in [5, 5.41) is 3.09. The third-order valence-corrected chi connectivity index (χ3v) is 5.69. The van der Waals surface area contributed by atoms with Gasteiger partial charge in [0.15, 0.2) is 11.5 Å². The largest absolute Gasteiger partial charge is 0.490 e. The fourth-order valence-corrected chi connectivity index (χ4v) is 4.09. The zero-order valence-electron chi connectivity index (χ0n) is 18.4. The number of nitrogens with zero attached hydrogens (tertiary/aromatic N) is 1.